The van der Waals surface area contributed by atoms with Gasteiger partial charge in [0, 0.05) is 29.4 Å². The first kappa shape index (κ1) is 17.0. The predicted molar refractivity (Wildman–Crippen MR) is 101 cm³/mol. The van der Waals surface area contributed by atoms with Crippen molar-refractivity contribution < 1.29 is 4.79 Å². The van der Waals surface area contributed by atoms with Gasteiger partial charge in [-0.05, 0) is 55.5 Å². The van der Waals surface area contributed by atoms with Crippen LogP contribution in [0.15, 0.2) is 41.0 Å². The number of hydrogen-bond donors (Lipinski definition) is 1. The summed E-state index contributed by atoms with van der Waals surface area (Å²) < 4.78 is 1.05. The first-order valence-corrected chi connectivity index (χ1v) is 9.11. The van der Waals surface area contributed by atoms with Crippen LogP contribution in [0.3, 0.4) is 0 Å². The zero-order chi connectivity index (χ0) is 17.1. The summed E-state index contributed by atoms with van der Waals surface area (Å²) in [6.07, 6.45) is 3.95. The highest BCUT2D eigenvalue weighted by Crippen LogP contribution is 2.23. The summed E-state index contributed by atoms with van der Waals surface area (Å²) in [6, 6.07) is 9.78. The third-order valence-corrected chi connectivity index (χ3v) is 5.25. The predicted octanol–water partition coefficient (Wildman–Crippen LogP) is 4.77. The quantitative estimate of drug-likeness (QED) is 0.824. The molecular formula is C19H22BrN3O. The highest BCUT2D eigenvalue weighted by Gasteiger charge is 2.22. The second kappa shape index (κ2) is 7.34. The molecule has 1 aromatic heterocycles. The van der Waals surface area contributed by atoms with Gasteiger partial charge in [-0.1, -0.05) is 28.9 Å². The number of benzene rings is 1. The van der Waals surface area contributed by atoms with E-state index in [-0.39, 0.29) is 5.91 Å². The van der Waals surface area contributed by atoms with Gasteiger partial charge in [0.25, 0.3) is 5.91 Å². The van der Waals surface area contributed by atoms with Gasteiger partial charge in [0.15, 0.2) is 0 Å². The van der Waals surface area contributed by atoms with Gasteiger partial charge < -0.3 is 10.2 Å². The first-order chi connectivity index (χ1) is 11.5. The van der Waals surface area contributed by atoms with Crippen molar-refractivity contribution in [3.63, 3.8) is 0 Å². The lowest BCUT2D eigenvalue weighted by molar-refractivity contribution is 0.0682. The number of carbonyl (C=O) groups is 1. The van der Waals surface area contributed by atoms with Crippen LogP contribution in [0, 0.1) is 12.8 Å². The number of nitrogens with zero attached hydrogens (tertiary/aromatic N) is 2. The van der Waals surface area contributed by atoms with E-state index < -0.39 is 0 Å². The zero-order valence-corrected chi connectivity index (χ0v) is 15.6. The number of aromatic nitrogens is 1. The molecule has 1 unspecified atom stereocenters. The molecule has 4 nitrogen and oxygen atoms in total. The van der Waals surface area contributed by atoms with E-state index >= 15 is 0 Å². The fraction of sp³-hybridized carbons (Fsp3) is 0.368. The minimum atomic E-state index is 0.0821. The summed E-state index contributed by atoms with van der Waals surface area (Å²) in [5.74, 6) is 1.39. The van der Waals surface area contributed by atoms with Gasteiger partial charge in [0.1, 0.15) is 5.82 Å². The van der Waals surface area contributed by atoms with Crippen molar-refractivity contribution in [2.75, 3.05) is 18.4 Å². The van der Waals surface area contributed by atoms with Crippen LogP contribution in [0.5, 0.6) is 0 Å². The van der Waals surface area contributed by atoms with Crippen LogP contribution in [0.4, 0.5) is 11.5 Å². The summed E-state index contributed by atoms with van der Waals surface area (Å²) in [7, 11) is 0. The van der Waals surface area contributed by atoms with Crippen LogP contribution >= 0.6 is 15.9 Å². The summed E-state index contributed by atoms with van der Waals surface area (Å²) in [4.78, 5) is 18.9. The van der Waals surface area contributed by atoms with Gasteiger partial charge in [-0.25, -0.2) is 4.98 Å². The molecule has 3 rings (SSSR count). The van der Waals surface area contributed by atoms with Crippen molar-refractivity contribution in [1.82, 2.24) is 9.88 Å². The molecule has 1 aliphatic rings. The molecule has 0 spiro atoms. The maximum absolute atomic E-state index is 12.6. The maximum Gasteiger partial charge on any atom is 0.255 e. The van der Waals surface area contributed by atoms with Crippen LogP contribution < -0.4 is 5.32 Å². The first-order valence-electron chi connectivity index (χ1n) is 8.31. The Morgan fingerprint density at radius 3 is 2.83 bits per heavy atom. The van der Waals surface area contributed by atoms with E-state index in [2.05, 4.69) is 33.2 Å². The molecule has 1 amide bonds. The summed E-state index contributed by atoms with van der Waals surface area (Å²) in [5.41, 5.74) is 2.80. The molecule has 1 fully saturated rings. The fourth-order valence-electron chi connectivity index (χ4n) is 2.97. The van der Waals surface area contributed by atoms with Gasteiger partial charge in [-0.2, -0.15) is 0 Å². The number of piperidine rings is 1. The second-order valence-electron chi connectivity index (χ2n) is 6.52. The van der Waals surface area contributed by atoms with Gasteiger partial charge >= 0.3 is 0 Å². The molecule has 0 radical (unpaired) electrons. The zero-order valence-electron chi connectivity index (χ0n) is 14.1. The topological polar surface area (TPSA) is 45.2 Å². The molecule has 24 heavy (non-hydrogen) atoms. The Morgan fingerprint density at radius 1 is 1.33 bits per heavy atom. The van der Waals surface area contributed by atoms with E-state index in [4.69, 9.17) is 0 Å². The number of aryl methyl sites for hydroxylation is 1. The third kappa shape index (κ3) is 3.96. The monoisotopic (exact) mass is 387 g/mol. The Labute approximate surface area is 151 Å². The van der Waals surface area contributed by atoms with Gasteiger partial charge in [-0.3, -0.25) is 4.79 Å². The summed E-state index contributed by atoms with van der Waals surface area (Å²) in [5, 5.41) is 3.26. The highest BCUT2D eigenvalue weighted by atomic mass is 79.9. The summed E-state index contributed by atoms with van der Waals surface area (Å²) in [6.45, 7) is 5.94. The van der Waals surface area contributed by atoms with Crippen molar-refractivity contribution in [3.8, 4) is 0 Å². The number of nitrogens with one attached hydrogen (secondary N) is 1. The van der Waals surface area contributed by atoms with Gasteiger partial charge in [-0.15, -0.1) is 0 Å². The normalized spacial score (nSPS) is 17.6. The van der Waals surface area contributed by atoms with Crippen LogP contribution in [0.2, 0.25) is 0 Å². The SMILES string of the molecule is Cc1ccc(Nc2ccc(C(=O)N3CCCC(C)C3)cn2)cc1Br. The van der Waals surface area contributed by atoms with E-state index in [0.717, 1.165) is 35.5 Å². The molecule has 2 aromatic rings. The molecule has 1 atom stereocenters. The van der Waals surface area contributed by atoms with Crippen molar-refractivity contribution in [3.05, 3.63) is 52.1 Å². The largest absolute Gasteiger partial charge is 0.340 e. The number of halogens is 1. The highest BCUT2D eigenvalue weighted by molar-refractivity contribution is 9.10. The lowest BCUT2D eigenvalue weighted by Crippen LogP contribution is -2.39. The fourth-order valence-corrected chi connectivity index (χ4v) is 3.35. The molecule has 1 aromatic carbocycles. The van der Waals surface area contributed by atoms with E-state index in [1.807, 2.05) is 42.2 Å². The Kier molecular flexibility index (Phi) is 5.19. The molecule has 1 saturated heterocycles. The Balaban J connectivity index is 1.68. The molecule has 1 N–H and O–H groups in total. The Hall–Kier alpha value is -1.88. The van der Waals surface area contributed by atoms with Gasteiger partial charge in [0.05, 0.1) is 5.56 Å². The van der Waals surface area contributed by atoms with Crippen LogP contribution in [0.25, 0.3) is 0 Å². The minimum absolute atomic E-state index is 0.0821. The van der Waals surface area contributed by atoms with Crippen molar-refractivity contribution in [1.29, 1.82) is 0 Å². The van der Waals surface area contributed by atoms with Crippen molar-refractivity contribution in [2.45, 2.75) is 26.7 Å². The molecule has 0 aliphatic carbocycles. The summed E-state index contributed by atoms with van der Waals surface area (Å²) >= 11 is 3.53. The molecule has 126 valence electrons. The number of pyridine rings is 1. The lowest BCUT2D eigenvalue weighted by Gasteiger charge is -2.30. The number of likely N-dealkylation sites (tertiary alicyclic amines) is 1. The van der Waals surface area contributed by atoms with E-state index in [1.165, 1.54) is 12.0 Å². The number of rotatable bonds is 3. The van der Waals surface area contributed by atoms with E-state index in [1.54, 1.807) is 6.20 Å². The maximum atomic E-state index is 12.6. The van der Waals surface area contributed by atoms with Gasteiger partial charge in [0.2, 0.25) is 0 Å². The Bertz CT molecular complexity index is 730. The molecule has 0 saturated carbocycles. The van der Waals surface area contributed by atoms with E-state index in [9.17, 15) is 4.79 Å². The number of amides is 1. The molecule has 0 bridgehead atoms. The minimum Gasteiger partial charge on any atom is -0.340 e. The molecule has 5 heteroatoms. The average molecular weight is 388 g/mol. The number of hydrogen-bond acceptors (Lipinski definition) is 3. The smallest absolute Gasteiger partial charge is 0.255 e. The van der Waals surface area contributed by atoms with E-state index in [0.29, 0.717) is 11.5 Å². The molecular weight excluding hydrogens is 366 g/mol. The second-order valence-corrected chi connectivity index (χ2v) is 7.37. The lowest BCUT2D eigenvalue weighted by atomic mass is 10.00. The van der Waals surface area contributed by atoms with Crippen LogP contribution in [-0.2, 0) is 0 Å². The van der Waals surface area contributed by atoms with Crippen molar-refractivity contribution in [2.24, 2.45) is 5.92 Å². The number of carbonyl (C=O) groups excluding carboxylic acids is 1. The standard InChI is InChI=1S/C19H22BrN3O/c1-13-4-3-9-23(12-13)19(24)15-6-8-18(21-11-15)22-16-7-5-14(2)17(20)10-16/h5-8,10-11,13H,3-4,9,12H2,1-2H3,(H,21,22). The Morgan fingerprint density at radius 2 is 2.17 bits per heavy atom. The number of anilines is 2. The van der Waals surface area contributed by atoms with Crippen LogP contribution in [0.1, 0.15) is 35.7 Å². The third-order valence-electron chi connectivity index (χ3n) is 4.40. The average Bonchev–Trinajstić information content (AvgIpc) is 2.58. The van der Waals surface area contributed by atoms with Crippen molar-refractivity contribution >= 4 is 33.3 Å². The molecule has 2 heterocycles. The molecule has 1 aliphatic heterocycles. The van der Waals surface area contributed by atoms with Crippen LogP contribution in [-0.4, -0.2) is 28.9 Å².